The average Bonchev–Trinajstić information content (AvgIpc) is 2.94. The molecule has 1 N–H and O–H groups in total. The van der Waals surface area contributed by atoms with E-state index >= 15 is 0 Å². The van der Waals surface area contributed by atoms with Gasteiger partial charge in [0.15, 0.2) is 0 Å². The molecule has 27 heavy (non-hydrogen) atoms. The fourth-order valence-corrected chi connectivity index (χ4v) is 5.09. The second-order valence-corrected chi connectivity index (χ2v) is 8.44. The maximum absolute atomic E-state index is 11.7. The molecular formula is C23H27N3O. The number of pyridine rings is 1. The monoisotopic (exact) mass is 361 g/mol. The third-order valence-electron chi connectivity index (χ3n) is 6.46. The first-order chi connectivity index (χ1) is 13.0. The summed E-state index contributed by atoms with van der Waals surface area (Å²) in [4.78, 5) is 6.67. The Hall–Kier alpha value is -2.17. The van der Waals surface area contributed by atoms with Gasteiger partial charge in [-0.25, -0.2) is 0 Å². The first kappa shape index (κ1) is 17.0. The number of aliphatic hydroxyl groups is 1. The maximum atomic E-state index is 11.7. The lowest BCUT2D eigenvalue weighted by Gasteiger charge is -2.36. The van der Waals surface area contributed by atoms with E-state index in [1.807, 2.05) is 18.5 Å². The third-order valence-corrected chi connectivity index (χ3v) is 6.46. The summed E-state index contributed by atoms with van der Waals surface area (Å²) in [7, 11) is 2.19. The van der Waals surface area contributed by atoms with Gasteiger partial charge in [-0.1, -0.05) is 11.6 Å². The van der Waals surface area contributed by atoms with Crippen molar-refractivity contribution in [2.75, 3.05) is 13.6 Å². The number of nitrogens with zero attached hydrogens (tertiary/aromatic N) is 3. The van der Waals surface area contributed by atoms with Gasteiger partial charge >= 0.3 is 0 Å². The zero-order valence-electron chi connectivity index (χ0n) is 16.2. The SMILES string of the molecule is Cc1ccc2c(c1)c1c(n2CC2(O)CCCc3cnccc32)CCN(C)C1. The van der Waals surface area contributed by atoms with E-state index in [1.165, 1.54) is 33.3 Å². The summed E-state index contributed by atoms with van der Waals surface area (Å²) in [6.45, 7) is 4.85. The molecule has 3 heterocycles. The molecule has 2 aliphatic rings. The van der Waals surface area contributed by atoms with Crippen LogP contribution < -0.4 is 0 Å². The molecule has 0 amide bonds. The van der Waals surface area contributed by atoms with Crippen molar-refractivity contribution in [3.8, 4) is 0 Å². The smallest absolute Gasteiger partial charge is 0.108 e. The molecule has 0 fully saturated rings. The second kappa shape index (κ2) is 6.18. The van der Waals surface area contributed by atoms with Crippen molar-refractivity contribution >= 4 is 10.9 Å². The van der Waals surface area contributed by atoms with Crippen LogP contribution in [-0.2, 0) is 31.5 Å². The van der Waals surface area contributed by atoms with Crippen molar-refractivity contribution in [3.63, 3.8) is 0 Å². The first-order valence-corrected chi connectivity index (χ1v) is 10.00. The number of aromatic nitrogens is 2. The largest absolute Gasteiger partial charge is 0.383 e. The number of hydrogen-bond donors (Lipinski definition) is 1. The Morgan fingerprint density at radius 1 is 1.22 bits per heavy atom. The number of likely N-dealkylation sites (N-methyl/N-ethyl adjacent to an activating group) is 1. The lowest BCUT2D eigenvalue weighted by molar-refractivity contribution is 0.00163. The molecule has 2 aromatic heterocycles. The molecule has 0 saturated carbocycles. The topological polar surface area (TPSA) is 41.3 Å². The van der Waals surface area contributed by atoms with E-state index in [0.717, 1.165) is 44.3 Å². The third kappa shape index (κ3) is 2.70. The van der Waals surface area contributed by atoms with Crippen LogP contribution in [-0.4, -0.2) is 33.1 Å². The molecule has 140 valence electrons. The number of fused-ring (bicyclic) bond motifs is 4. The highest BCUT2D eigenvalue weighted by Gasteiger charge is 2.36. The van der Waals surface area contributed by atoms with Crippen molar-refractivity contribution in [2.24, 2.45) is 0 Å². The molecule has 4 heteroatoms. The summed E-state index contributed by atoms with van der Waals surface area (Å²) >= 11 is 0. The van der Waals surface area contributed by atoms with E-state index in [-0.39, 0.29) is 0 Å². The average molecular weight is 361 g/mol. The minimum absolute atomic E-state index is 0.628. The van der Waals surface area contributed by atoms with E-state index in [9.17, 15) is 5.11 Å². The van der Waals surface area contributed by atoms with Gasteiger partial charge in [0.2, 0.25) is 0 Å². The molecule has 1 atom stereocenters. The minimum atomic E-state index is -0.815. The summed E-state index contributed by atoms with van der Waals surface area (Å²) in [6, 6.07) is 8.76. The van der Waals surface area contributed by atoms with Gasteiger partial charge in [-0.05, 0) is 68.1 Å². The van der Waals surface area contributed by atoms with Crippen LogP contribution in [0.5, 0.6) is 0 Å². The van der Waals surface area contributed by atoms with E-state index in [1.54, 1.807) is 0 Å². The van der Waals surface area contributed by atoms with Gasteiger partial charge in [-0.15, -0.1) is 0 Å². The first-order valence-electron chi connectivity index (χ1n) is 10.00. The van der Waals surface area contributed by atoms with Gasteiger partial charge < -0.3 is 14.6 Å². The highest BCUT2D eigenvalue weighted by Crippen LogP contribution is 2.39. The fourth-order valence-electron chi connectivity index (χ4n) is 5.09. The molecule has 0 bridgehead atoms. The standard InChI is InChI=1S/C23H27N3O/c1-16-5-6-21-18(12-16)19-14-25(2)11-8-22(19)26(21)15-23(27)9-3-4-17-13-24-10-7-20(17)23/h5-7,10,12-13,27H,3-4,8-9,11,14-15H2,1-2H3. The van der Waals surface area contributed by atoms with Crippen molar-refractivity contribution in [2.45, 2.75) is 51.3 Å². The van der Waals surface area contributed by atoms with E-state index < -0.39 is 5.60 Å². The lowest BCUT2D eigenvalue weighted by atomic mass is 9.80. The Kier molecular flexibility index (Phi) is 3.88. The Bertz CT molecular complexity index is 1020. The van der Waals surface area contributed by atoms with Crippen LogP contribution in [0.2, 0.25) is 0 Å². The van der Waals surface area contributed by atoms with Crippen LogP contribution in [0.15, 0.2) is 36.7 Å². The highest BCUT2D eigenvalue weighted by atomic mass is 16.3. The molecule has 0 spiro atoms. The van der Waals surface area contributed by atoms with Gasteiger partial charge in [-0.3, -0.25) is 4.98 Å². The van der Waals surface area contributed by atoms with Crippen molar-refractivity contribution < 1.29 is 5.11 Å². The molecule has 4 nitrogen and oxygen atoms in total. The fraction of sp³-hybridized carbons (Fsp3) is 0.435. The number of hydrogen-bond acceptors (Lipinski definition) is 3. The van der Waals surface area contributed by atoms with Crippen LogP contribution in [0.25, 0.3) is 10.9 Å². The molecule has 0 radical (unpaired) electrons. The molecule has 5 rings (SSSR count). The van der Waals surface area contributed by atoms with E-state index in [2.05, 4.69) is 46.6 Å². The minimum Gasteiger partial charge on any atom is -0.383 e. The van der Waals surface area contributed by atoms with Gasteiger partial charge in [0, 0.05) is 48.5 Å². The second-order valence-electron chi connectivity index (χ2n) is 8.44. The van der Waals surface area contributed by atoms with Crippen LogP contribution in [0, 0.1) is 6.92 Å². The Morgan fingerprint density at radius 3 is 3.00 bits per heavy atom. The summed E-state index contributed by atoms with van der Waals surface area (Å²) in [5, 5.41) is 13.1. The zero-order valence-corrected chi connectivity index (χ0v) is 16.2. The van der Waals surface area contributed by atoms with E-state index in [4.69, 9.17) is 0 Å². The van der Waals surface area contributed by atoms with Crippen LogP contribution >= 0.6 is 0 Å². The summed E-state index contributed by atoms with van der Waals surface area (Å²) in [6.07, 6.45) is 7.62. The predicted molar refractivity (Wildman–Crippen MR) is 108 cm³/mol. The van der Waals surface area contributed by atoms with Crippen molar-refractivity contribution in [1.29, 1.82) is 0 Å². The lowest BCUT2D eigenvalue weighted by Crippen LogP contribution is -2.36. The normalized spacial score (nSPS) is 22.6. The van der Waals surface area contributed by atoms with Crippen LogP contribution in [0.1, 0.15) is 40.8 Å². The van der Waals surface area contributed by atoms with Gasteiger partial charge in [0.25, 0.3) is 0 Å². The van der Waals surface area contributed by atoms with Gasteiger partial charge in [0.05, 0.1) is 6.54 Å². The highest BCUT2D eigenvalue weighted by molar-refractivity contribution is 5.86. The number of aryl methyl sites for hydroxylation is 2. The molecule has 3 aromatic rings. The molecule has 1 aromatic carbocycles. The van der Waals surface area contributed by atoms with Crippen molar-refractivity contribution in [3.05, 3.63) is 64.6 Å². The van der Waals surface area contributed by atoms with E-state index in [0.29, 0.717) is 6.54 Å². The summed E-state index contributed by atoms with van der Waals surface area (Å²) in [5.74, 6) is 0. The molecular weight excluding hydrogens is 334 g/mol. The maximum Gasteiger partial charge on any atom is 0.108 e. The van der Waals surface area contributed by atoms with Crippen LogP contribution in [0.4, 0.5) is 0 Å². The number of benzene rings is 1. The van der Waals surface area contributed by atoms with Gasteiger partial charge in [0.1, 0.15) is 5.60 Å². The summed E-state index contributed by atoms with van der Waals surface area (Å²) < 4.78 is 2.41. The quantitative estimate of drug-likeness (QED) is 0.759. The Labute approximate surface area is 160 Å². The predicted octanol–water partition coefficient (Wildman–Crippen LogP) is 3.56. The Morgan fingerprint density at radius 2 is 2.11 bits per heavy atom. The molecule has 0 saturated heterocycles. The molecule has 1 aliphatic heterocycles. The molecule has 1 unspecified atom stereocenters. The summed E-state index contributed by atoms with van der Waals surface area (Å²) in [5.41, 5.74) is 6.86. The Balaban J connectivity index is 1.66. The van der Waals surface area contributed by atoms with Crippen molar-refractivity contribution in [1.82, 2.24) is 14.5 Å². The van der Waals surface area contributed by atoms with Crippen LogP contribution in [0.3, 0.4) is 0 Å². The number of rotatable bonds is 2. The zero-order chi connectivity index (χ0) is 18.6. The molecule has 1 aliphatic carbocycles. The van der Waals surface area contributed by atoms with Gasteiger partial charge in [-0.2, -0.15) is 0 Å².